The Morgan fingerprint density at radius 1 is 1.30 bits per heavy atom. The Hall–Kier alpha value is -2.08. The van der Waals surface area contributed by atoms with Crippen molar-refractivity contribution in [2.45, 2.75) is 20.0 Å². The summed E-state index contributed by atoms with van der Waals surface area (Å²) in [5.74, 6) is 1.55. The first kappa shape index (κ1) is 14.3. The fourth-order valence-electron chi connectivity index (χ4n) is 1.88. The molecule has 0 aliphatic heterocycles. The van der Waals surface area contributed by atoms with Crippen LogP contribution in [0.2, 0.25) is 0 Å². The number of benzene rings is 1. The number of nitrogens with zero attached hydrogens (tertiary/aromatic N) is 3. The van der Waals surface area contributed by atoms with Crippen LogP contribution in [0.5, 0.6) is 11.5 Å². The van der Waals surface area contributed by atoms with Crippen molar-refractivity contribution in [3.05, 3.63) is 36.2 Å². The molecule has 1 aromatic carbocycles. The van der Waals surface area contributed by atoms with Gasteiger partial charge in [-0.1, -0.05) is 11.3 Å². The van der Waals surface area contributed by atoms with Gasteiger partial charge in [-0.05, 0) is 24.6 Å². The van der Waals surface area contributed by atoms with E-state index in [1.165, 1.54) is 0 Å². The zero-order valence-electron chi connectivity index (χ0n) is 11.9. The summed E-state index contributed by atoms with van der Waals surface area (Å²) >= 11 is 0. The molecular formula is C14H20N4O2. The Kier molecular flexibility index (Phi) is 5.37. The molecule has 0 saturated carbocycles. The predicted octanol–water partition coefficient (Wildman–Crippen LogP) is 1.48. The van der Waals surface area contributed by atoms with Crippen molar-refractivity contribution in [2.75, 3.05) is 20.3 Å². The predicted molar refractivity (Wildman–Crippen MR) is 75.9 cm³/mol. The van der Waals surface area contributed by atoms with E-state index >= 15 is 0 Å². The van der Waals surface area contributed by atoms with E-state index < -0.39 is 0 Å². The summed E-state index contributed by atoms with van der Waals surface area (Å²) in [4.78, 5) is 0. The highest BCUT2D eigenvalue weighted by Gasteiger charge is 2.04. The van der Waals surface area contributed by atoms with Gasteiger partial charge in [-0.2, -0.15) is 0 Å². The van der Waals surface area contributed by atoms with Crippen LogP contribution in [0.1, 0.15) is 12.5 Å². The van der Waals surface area contributed by atoms with Gasteiger partial charge in [0.25, 0.3) is 0 Å². The molecule has 1 N–H and O–H groups in total. The topological polar surface area (TPSA) is 61.2 Å². The van der Waals surface area contributed by atoms with Crippen molar-refractivity contribution in [1.82, 2.24) is 20.3 Å². The van der Waals surface area contributed by atoms with Crippen LogP contribution >= 0.6 is 0 Å². The summed E-state index contributed by atoms with van der Waals surface area (Å²) in [7, 11) is 1.65. The van der Waals surface area contributed by atoms with Crippen LogP contribution in [0, 0.1) is 0 Å². The molecule has 2 rings (SSSR count). The molecule has 0 radical (unpaired) electrons. The van der Waals surface area contributed by atoms with Gasteiger partial charge in [0, 0.05) is 19.3 Å². The van der Waals surface area contributed by atoms with Crippen molar-refractivity contribution < 1.29 is 9.47 Å². The molecule has 0 amide bonds. The van der Waals surface area contributed by atoms with Crippen LogP contribution in [-0.4, -0.2) is 35.3 Å². The molecule has 1 aromatic heterocycles. The first-order valence-corrected chi connectivity index (χ1v) is 6.68. The molecule has 0 fully saturated rings. The van der Waals surface area contributed by atoms with Crippen LogP contribution in [0.15, 0.2) is 30.6 Å². The summed E-state index contributed by atoms with van der Waals surface area (Å²) in [5.41, 5.74) is 1.16. The molecule has 0 saturated heterocycles. The molecule has 0 spiro atoms. The minimum Gasteiger partial charge on any atom is -0.493 e. The highest BCUT2D eigenvalue weighted by atomic mass is 16.5. The number of nitrogens with one attached hydrogen (secondary N) is 1. The second-order valence-electron chi connectivity index (χ2n) is 4.26. The maximum atomic E-state index is 5.49. The number of hydrogen-bond donors (Lipinski definition) is 1. The quantitative estimate of drug-likeness (QED) is 0.740. The largest absolute Gasteiger partial charge is 0.493 e. The van der Waals surface area contributed by atoms with Gasteiger partial charge in [0.2, 0.25) is 0 Å². The van der Waals surface area contributed by atoms with E-state index in [4.69, 9.17) is 9.47 Å². The summed E-state index contributed by atoms with van der Waals surface area (Å²) in [5, 5.41) is 11.0. The fourth-order valence-corrected chi connectivity index (χ4v) is 1.88. The van der Waals surface area contributed by atoms with E-state index in [1.807, 2.05) is 31.3 Å². The highest BCUT2D eigenvalue weighted by Crippen LogP contribution is 2.27. The molecule has 0 bridgehead atoms. The first-order chi connectivity index (χ1) is 9.83. The monoisotopic (exact) mass is 276 g/mol. The Morgan fingerprint density at radius 2 is 2.20 bits per heavy atom. The van der Waals surface area contributed by atoms with Gasteiger partial charge in [-0.3, -0.25) is 4.68 Å². The van der Waals surface area contributed by atoms with Crippen molar-refractivity contribution in [2.24, 2.45) is 0 Å². The van der Waals surface area contributed by atoms with Gasteiger partial charge in [0.05, 0.1) is 26.5 Å². The minimum absolute atomic E-state index is 0.631. The lowest BCUT2D eigenvalue weighted by molar-refractivity contribution is 0.310. The summed E-state index contributed by atoms with van der Waals surface area (Å²) < 4.78 is 12.6. The Morgan fingerprint density at radius 3 is 2.90 bits per heavy atom. The van der Waals surface area contributed by atoms with Crippen molar-refractivity contribution in [3.63, 3.8) is 0 Å². The molecule has 108 valence electrons. The van der Waals surface area contributed by atoms with Gasteiger partial charge in [-0.25, -0.2) is 0 Å². The smallest absolute Gasteiger partial charge is 0.161 e. The molecule has 20 heavy (non-hydrogen) atoms. The third-order valence-corrected chi connectivity index (χ3v) is 2.85. The average Bonchev–Trinajstić information content (AvgIpc) is 2.98. The fraction of sp³-hybridized carbons (Fsp3) is 0.429. The molecule has 1 heterocycles. The van der Waals surface area contributed by atoms with Crippen LogP contribution in [0.4, 0.5) is 0 Å². The second kappa shape index (κ2) is 7.49. The number of hydrogen-bond acceptors (Lipinski definition) is 5. The Bertz CT molecular complexity index is 514. The highest BCUT2D eigenvalue weighted by molar-refractivity contribution is 5.42. The SMILES string of the molecule is CCOc1ccc(CNCCn2ccnn2)cc1OC. The third-order valence-electron chi connectivity index (χ3n) is 2.85. The van der Waals surface area contributed by atoms with Gasteiger partial charge in [0.1, 0.15) is 0 Å². The van der Waals surface area contributed by atoms with Crippen molar-refractivity contribution >= 4 is 0 Å². The lowest BCUT2D eigenvalue weighted by atomic mass is 10.2. The number of ether oxygens (including phenoxy) is 2. The maximum Gasteiger partial charge on any atom is 0.161 e. The minimum atomic E-state index is 0.631. The van der Waals surface area contributed by atoms with Crippen molar-refractivity contribution in [1.29, 1.82) is 0 Å². The average molecular weight is 276 g/mol. The third kappa shape index (κ3) is 3.96. The maximum absolute atomic E-state index is 5.49. The molecule has 0 aliphatic rings. The molecule has 0 atom stereocenters. The molecule has 0 aliphatic carbocycles. The zero-order chi connectivity index (χ0) is 14.2. The van der Waals surface area contributed by atoms with Crippen LogP contribution in [0.3, 0.4) is 0 Å². The molecule has 6 nitrogen and oxygen atoms in total. The van der Waals surface area contributed by atoms with E-state index in [1.54, 1.807) is 18.0 Å². The lowest BCUT2D eigenvalue weighted by Crippen LogP contribution is -2.19. The summed E-state index contributed by atoms with van der Waals surface area (Å²) in [6.45, 7) is 5.00. The van der Waals surface area contributed by atoms with E-state index in [0.717, 1.165) is 36.7 Å². The Balaban J connectivity index is 1.83. The molecule has 0 unspecified atom stereocenters. The lowest BCUT2D eigenvalue weighted by Gasteiger charge is -2.11. The van der Waals surface area contributed by atoms with Gasteiger partial charge >= 0.3 is 0 Å². The summed E-state index contributed by atoms with van der Waals surface area (Å²) in [6, 6.07) is 5.97. The van der Waals surface area contributed by atoms with Crippen LogP contribution in [0.25, 0.3) is 0 Å². The normalized spacial score (nSPS) is 10.5. The zero-order valence-corrected chi connectivity index (χ0v) is 11.9. The van der Waals surface area contributed by atoms with Crippen LogP contribution < -0.4 is 14.8 Å². The van der Waals surface area contributed by atoms with Crippen LogP contribution in [-0.2, 0) is 13.1 Å². The number of rotatable bonds is 8. The van der Waals surface area contributed by atoms with E-state index in [0.29, 0.717) is 6.61 Å². The van der Waals surface area contributed by atoms with E-state index in [2.05, 4.69) is 15.6 Å². The number of aromatic nitrogens is 3. The number of methoxy groups -OCH3 is 1. The van der Waals surface area contributed by atoms with E-state index in [9.17, 15) is 0 Å². The Labute approximate surface area is 118 Å². The van der Waals surface area contributed by atoms with Gasteiger partial charge in [0.15, 0.2) is 11.5 Å². The summed E-state index contributed by atoms with van der Waals surface area (Å²) in [6.07, 6.45) is 3.53. The van der Waals surface area contributed by atoms with Crippen molar-refractivity contribution in [3.8, 4) is 11.5 Å². The van der Waals surface area contributed by atoms with Gasteiger partial charge < -0.3 is 14.8 Å². The molecule has 2 aromatic rings. The molecule has 6 heteroatoms. The second-order valence-corrected chi connectivity index (χ2v) is 4.26. The molecular weight excluding hydrogens is 256 g/mol. The standard InChI is InChI=1S/C14H20N4O2/c1-3-20-13-5-4-12(10-14(13)19-2)11-15-6-8-18-9-7-16-17-18/h4-5,7,9-10,15H,3,6,8,11H2,1-2H3. The van der Waals surface area contributed by atoms with Gasteiger partial charge in [-0.15, -0.1) is 5.10 Å². The first-order valence-electron chi connectivity index (χ1n) is 6.68. The van der Waals surface area contributed by atoms with E-state index in [-0.39, 0.29) is 0 Å².